The van der Waals surface area contributed by atoms with Crippen LogP contribution in [0.5, 0.6) is 0 Å². The molecule has 248 valence electrons. The van der Waals surface area contributed by atoms with Crippen LogP contribution in [0.25, 0.3) is 66.8 Å². The normalized spacial score (nSPS) is 21.4. The Labute approximate surface area is 299 Å². The number of fused-ring (bicyclic) bond motifs is 4. The molecule has 2 bridgehead atoms. The quantitative estimate of drug-likeness (QED) is 0.184. The Hall–Kier alpha value is -5.66. The average Bonchev–Trinajstić information content (AvgIpc) is 3.16. The minimum Gasteiger partial charge on any atom is -0.208 e. The minimum absolute atomic E-state index is 0.351. The standard InChI is InChI=1S/C47H40N4/c1-30-20-33-21-31(2)27-47(26-30,28-33)43-18-16-34(17-19-43)37-10-11-40-25-42(15-13-39(40)23-37)46-50-44(35-6-4-3-5-7-35)49-45(51-46)41-14-12-36-22-32(29-48)8-9-38(36)24-41/h3-19,22-25,30-31,33H,20-21,26-28H2,1-2H3/t30-,31+,33?,47?. The first-order chi connectivity index (χ1) is 24.9. The molecule has 1 heterocycles. The smallest absolute Gasteiger partial charge is 0.164 e. The van der Waals surface area contributed by atoms with E-state index in [2.05, 4.69) is 86.6 Å². The molecule has 2 aliphatic carbocycles. The molecule has 2 fully saturated rings. The van der Waals surface area contributed by atoms with Gasteiger partial charge < -0.3 is 0 Å². The third-order valence-electron chi connectivity index (χ3n) is 11.5. The topological polar surface area (TPSA) is 62.5 Å². The van der Waals surface area contributed by atoms with Crippen LogP contribution in [-0.2, 0) is 5.41 Å². The molecule has 0 spiro atoms. The van der Waals surface area contributed by atoms with Gasteiger partial charge in [-0.05, 0) is 124 Å². The second kappa shape index (κ2) is 12.6. The van der Waals surface area contributed by atoms with E-state index in [1.54, 1.807) is 5.56 Å². The molecular formula is C47H40N4. The zero-order chi connectivity index (χ0) is 34.5. The van der Waals surface area contributed by atoms with E-state index in [4.69, 9.17) is 15.0 Å². The van der Waals surface area contributed by atoms with Crippen LogP contribution in [-0.4, -0.2) is 15.0 Å². The molecule has 0 N–H and O–H groups in total. The van der Waals surface area contributed by atoms with Crippen LogP contribution in [0, 0.1) is 29.1 Å². The summed E-state index contributed by atoms with van der Waals surface area (Å²) in [5.74, 6) is 4.40. The molecule has 2 aliphatic rings. The van der Waals surface area contributed by atoms with E-state index in [-0.39, 0.29) is 0 Å². The first-order valence-corrected chi connectivity index (χ1v) is 18.3. The second-order valence-corrected chi connectivity index (χ2v) is 15.4. The second-order valence-electron chi connectivity index (χ2n) is 15.4. The molecule has 0 aliphatic heterocycles. The molecule has 4 heteroatoms. The van der Waals surface area contributed by atoms with Crippen molar-refractivity contribution in [3.8, 4) is 51.4 Å². The van der Waals surface area contributed by atoms with Gasteiger partial charge in [0.05, 0.1) is 11.6 Å². The molecule has 0 amide bonds. The van der Waals surface area contributed by atoms with Gasteiger partial charge in [0.2, 0.25) is 0 Å². The van der Waals surface area contributed by atoms with Crippen LogP contribution in [0.4, 0.5) is 0 Å². The number of rotatable bonds is 5. The van der Waals surface area contributed by atoms with E-state index in [0.717, 1.165) is 50.6 Å². The Morgan fingerprint density at radius 2 is 1.00 bits per heavy atom. The van der Waals surface area contributed by atoms with Gasteiger partial charge >= 0.3 is 0 Å². The van der Waals surface area contributed by atoms with Crippen molar-refractivity contribution in [2.75, 3.05) is 0 Å². The molecule has 4 atom stereocenters. The summed E-state index contributed by atoms with van der Waals surface area (Å²) < 4.78 is 0. The highest BCUT2D eigenvalue weighted by atomic mass is 15.0. The number of aromatic nitrogens is 3. The van der Waals surface area contributed by atoms with Gasteiger partial charge in [-0.1, -0.05) is 111 Å². The van der Waals surface area contributed by atoms with Crippen molar-refractivity contribution in [2.24, 2.45) is 17.8 Å². The van der Waals surface area contributed by atoms with Crippen LogP contribution in [0.15, 0.2) is 127 Å². The van der Waals surface area contributed by atoms with E-state index >= 15 is 0 Å². The van der Waals surface area contributed by atoms with Gasteiger partial charge in [0.1, 0.15) is 0 Å². The molecule has 2 saturated carbocycles. The summed E-state index contributed by atoms with van der Waals surface area (Å²) in [6.45, 7) is 4.93. The fraction of sp³-hybridized carbons (Fsp3) is 0.234. The summed E-state index contributed by atoms with van der Waals surface area (Å²) in [5.41, 5.74) is 7.82. The zero-order valence-electron chi connectivity index (χ0n) is 29.2. The third kappa shape index (κ3) is 5.97. The van der Waals surface area contributed by atoms with Crippen molar-refractivity contribution in [2.45, 2.75) is 51.4 Å². The summed E-state index contributed by atoms with van der Waals surface area (Å²) in [7, 11) is 0. The highest BCUT2D eigenvalue weighted by Crippen LogP contribution is 2.54. The van der Waals surface area contributed by atoms with Crippen LogP contribution < -0.4 is 0 Å². The van der Waals surface area contributed by atoms with E-state index < -0.39 is 0 Å². The largest absolute Gasteiger partial charge is 0.208 e. The van der Waals surface area contributed by atoms with Crippen LogP contribution in [0.2, 0.25) is 0 Å². The lowest BCUT2D eigenvalue weighted by Crippen LogP contribution is -2.42. The Balaban J connectivity index is 1.05. The number of nitriles is 1. The van der Waals surface area contributed by atoms with Gasteiger partial charge in [-0.15, -0.1) is 0 Å². The lowest BCUT2D eigenvalue weighted by molar-refractivity contribution is 0.0780. The predicted molar refractivity (Wildman–Crippen MR) is 208 cm³/mol. The maximum absolute atomic E-state index is 9.35. The number of hydrogen-bond acceptors (Lipinski definition) is 4. The lowest BCUT2D eigenvalue weighted by Gasteiger charge is -2.50. The number of benzene rings is 6. The van der Waals surface area contributed by atoms with Gasteiger partial charge in [0, 0.05) is 16.7 Å². The molecule has 0 radical (unpaired) electrons. The molecule has 2 unspecified atom stereocenters. The monoisotopic (exact) mass is 660 g/mol. The molecular weight excluding hydrogens is 621 g/mol. The van der Waals surface area contributed by atoms with Gasteiger partial charge in [-0.2, -0.15) is 5.26 Å². The number of hydrogen-bond donors (Lipinski definition) is 0. The predicted octanol–water partition coefficient (Wildman–Crippen LogP) is 11.8. The van der Waals surface area contributed by atoms with Crippen LogP contribution in [0.3, 0.4) is 0 Å². The molecule has 4 nitrogen and oxygen atoms in total. The van der Waals surface area contributed by atoms with Crippen molar-refractivity contribution in [3.63, 3.8) is 0 Å². The van der Waals surface area contributed by atoms with E-state index in [1.807, 2.05) is 60.7 Å². The van der Waals surface area contributed by atoms with Crippen molar-refractivity contribution < 1.29 is 0 Å². The molecule has 51 heavy (non-hydrogen) atoms. The highest BCUT2D eigenvalue weighted by Gasteiger charge is 2.45. The van der Waals surface area contributed by atoms with Crippen molar-refractivity contribution in [1.82, 2.24) is 15.0 Å². The maximum Gasteiger partial charge on any atom is 0.164 e. The molecule has 1 aromatic heterocycles. The van der Waals surface area contributed by atoms with Gasteiger partial charge in [0.25, 0.3) is 0 Å². The first kappa shape index (κ1) is 31.3. The first-order valence-electron chi connectivity index (χ1n) is 18.3. The molecule has 6 aromatic carbocycles. The SMILES string of the molecule is C[C@@H]1CC2C[C@H](C)CC(c3ccc(-c4ccc5cc(-c6nc(-c7ccccc7)nc(-c7ccc8cc(C#N)ccc8c7)n6)ccc5c4)cc3)(C2)C1. The van der Waals surface area contributed by atoms with Gasteiger partial charge in [-0.3, -0.25) is 0 Å². The van der Waals surface area contributed by atoms with Crippen LogP contribution >= 0.6 is 0 Å². The Morgan fingerprint density at radius 3 is 1.59 bits per heavy atom. The Bertz CT molecular complexity index is 2440. The fourth-order valence-corrected chi connectivity index (χ4v) is 9.44. The lowest BCUT2D eigenvalue weighted by atomic mass is 9.54. The van der Waals surface area contributed by atoms with Crippen LogP contribution in [0.1, 0.15) is 57.1 Å². The van der Waals surface area contributed by atoms with Gasteiger partial charge in [0.15, 0.2) is 17.5 Å². The number of nitrogens with zero attached hydrogens (tertiary/aromatic N) is 4. The van der Waals surface area contributed by atoms with Crippen molar-refractivity contribution in [3.05, 3.63) is 139 Å². The summed E-state index contributed by atoms with van der Waals surface area (Å²) in [6.07, 6.45) is 6.82. The highest BCUT2D eigenvalue weighted by molar-refractivity contribution is 5.91. The zero-order valence-corrected chi connectivity index (χ0v) is 29.2. The molecule has 0 saturated heterocycles. The van der Waals surface area contributed by atoms with E-state index in [1.165, 1.54) is 48.6 Å². The molecule has 7 aromatic rings. The molecule has 9 rings (SSSR count). The van der Waals surface area contributed by atoms with Crippen molar-refractivity contribution in [1.29, 1.82) is 5.26 Å². The Kier molecular flexibility index (Phi) is 7.73. The van der Waals surface area contributed by atoms with Crippen molar-refractivity contribution >= 4 is 21.5 Å². The summed E-state index contributed by atoms with van der Waals surface area (Å²) in [5, 5.41) is 13.7. The summed E-state index contributed by atoms with van der Waals surface area (Å²) >= 11 is 0. The van der Waals surface area contributed by atoms with Gasteiger partial charge in [-0.25, -0.2) is 15.0 Å². The third-order valence-corrected chi connectivity index (χ3v) is 11.5. The summed E-state index contributed by atoms with van der Waals surface area (Å²) in [4.78, 5) is 14.9. The summed E-state index contributed by atoms with van der Waals surface area (Å²) in [6, 6.07) is 47.0. The average molecular weight is 661 g/mol. The minimum atomic E-state index is 0.351. The maximum atomic E-state index is 9.35. The van der Waals surface area contributed by atoms with E-state index in [0.29, 0.717) is 28.5 Å². The Morgan fingerprint density at radius 1 is 0.510 bits per heavy atom. The fourth-order valence-electron chi connectivity index (χ4n) is 9.44. The van der Waals surface area contributed by atoms with E-state index in [9.17, 15) is 5.26 Å².